The van der Waals surface area contributed by atoms with Gasteiger partial charge >= 0.3 is 0 Å². The van der Waals surface area contributed by atoms with Crippen LogP contribution in [0.2, 0.25) is 0 Å². The first-order valence-electron chi connectivity index (χ1n) is 6.94. The van der Waals surface area contributed by atoms with Crippen LogP contribution < -0.4 is 10.2 Å². The minimum absolute atomic E-state index is 0.212. The van der Waals surface area contributed by atoms with E-state index >= 15 is 0 Å². The molecule has 2 aromatic heterocycles. The number of H-pyrrole nitrogens is 1. The van der Waals surface area contributed by atoms with Crippen molar-refractivity contribution in [2.45, 2.75) is 6.92 Å². The number of rotatable bonds is 3. The maximum Gasteiger partial charge on any atom is 0.258 e. The first-order valence-corrected chi connectivity index (χ1v) is 6.94. The molecule has 1 aromatic carbocycles. The number of hydrogen-bond acceptors (Lipinski definition) is 4. The van der Waals surface area contributed by atoms with E-state index in [1.54, 1.807) is 12.3 Å². The number of para-hydroxylation sites is 1. The Morgan fingerprint density at radius 2 is 2.05 bits per heavy atom. The Kier molecular flexibility index (Phi) is 3.50. The molecule has 1 amide bonds. The van der Waals surface area contributed by atoms with Crippen molar-refractivity contribution in [1.82, 2.24) is 15.0 Å². The van der Waals surface area contributed by atoms with Crippen LogP contribution in [0.15, 0.2) is 36.5 Å². The third-order valence-electron chi connectivity index (χ3n) is 3.34. The summed E-state index contributed by atoms with van der Waals surface area (Å²) in [7, 11) is 3.80. The maximum absolute atomic E-state index is 12.6. The van der Waals surface area contributed by atoms with Crippen LogP contribution in [0, 0.1) is 6.92 Å². The van der Waals surface area contributed by atoms with Crippen LogP contribution in [0.3, 0.4) is 0 Å². The number of nitrogens with one attached hydrogen (secondary N) is 2. The summed E-state index contributed by atoms with van der Waals surface area (Å²) < 4.78 is 0. The van der Waals surface area contributed by atoms with Crippen molar-refractivity contribution in [3.05, 3.63) is 47.8 Å². The predicted molar refractivity (Wildman–Crippen MR) is 87.3 cm³/mol. The quantitative estimate of drug-likeness (QED) is 0.779. The molecule has 0 aliphatic carbocycles. The zero-order valence-electron chi connectivity index (χ0n) is 12.7. The van der Waals surface area contributed by atoms with Crippen molar-refractivity contribution in [3.8, 4) is 0 Å². The second-order valence-corrected chi connectivity index (χ2v) is 5.31. The molecule has 0 unspecified atom stereocenters. The summed E-state index contributed by atoms with van der Waals surface area (Å²) in [6.45, 7) is 1.88. The highest BCUT2D eigenvalue weighted by Gasteiger charge is 2.14. The fourth-order valence-corrected chi connectivity index (χ4v) is 2.23. The van der Waals surface area contributed by atoms with Gasteiger partial charge in [0.15, 0.2) is 0 Å². The lowest BCUT2D eigenvalue weighted by molar-refractivity contribution is 0.102. The SMILES string of the molecule is Cc1cnc(NC(=O)c2cc(N(C)C)nc3ccccc23)[nH]1. The summed E-state index contributed by atoms with van der Waals surface area (Å²) in [6.07, 6.45) is 1.67. The number of aryl methyl sites for hydroxylation is 1. The standard InChI is InChI=1S/C16H17N5O/c1-10-9-17-16(18-10)20-15(22)12-8-14(21(2)3)19-13-7-5-4-6-11(12)13/h4-9H,1-3H3,(H2,17,18,20,22). The van der Waals surface area contributed by atoms with Crippen LogP contribution >= 0.6 is 0 Å². The minimum atomic E-state index is -0.212. The summed E-state index contributed by atoms with van der Waals surface area (Å²) in [4.78, 5) is 26.1. The Morgan fingerprint density at radius 3 is 2.73 bits per heavy atom. The predicted octanol–water partition coefficient (Wildman–Crippen LogP) is 2.58. The van der Waals surface area contributed by atoms with Gasteiger partial charge in [-0.15, -0.1) is 0 Å². The highest BCUT2D eigenvalue weighted by Crippen LogP contribution is 2.22. The molecule has 0 radical (unpaired) electrons. The van der Waals surface area contributed by atoms with Gasteiger partial charge in [0.25, 0.3) is 5.91 Å². The zero-order chi connectivity index (χ0) is 15.7. The average Bonchev–Trinajstić information content (AvgIpc) is 2.91. The summed E-state index contributed by atoms with van der Waals surface area (Å²) in [5, 5.41) is 3.60. The third-order valence-corrected chi connectivity index (χ3v) is 3.34. The number of carbonyl (C=O) groups excluding carboxylic acids is 1. The van der Waals surface area contributed by atoms with Gasteiger partial charge in [-0.05, 0) is 19.1 Å². The number of nitrogens with zero attached hydrogens (tertiary/aromatic N) is 3. The maximum atomic E-state index is 12.6. The van der Waals surface area contributed by atoms with Crippen molar-refractivity contribution in [2.75, 3.05) is 24.3 Å². The number of amides is 1. The van der Waals surface area contributed by atoms with Crippen molar-refractivity contribution in [1.29, 1.82) is 0 Å². The number of carbonyl (C=O) groups is 1. The number of hydrogen-bond donors (Lipinski definition) is 2. The van der Waals surface area contributed by atoms with Gasteiger partial charge in [0.05, 0.1) is 11.1 Å². The Labute approximate surface area is 128 Å². The topological polar surface area (TPSA) is 73.9 Å². The first-order chi connectivity index (χ1) is 10.5. The lowest BCUT2D eigenvalue weighted by atomic mass is 10.1. The highest BCUT2D eigenvalue weighted by molar-refractivity contribution is 6.12. The number of aromatic nitrogens is 3. The van der Waals surface area contributed by atoms with Crippen LogP contribution in [0.1, 0.15) is 16.1 Å². The molecule has 22 heavy (non-hydrogen) atoms. The number of pyridine rings is 1. The summed E-state index contributed by atoms with van der Waals surface area (Å²) in [6, 6.07) is 9.38. The monoisotopic (exact) mass is 295 g/mol. The van der Waals surface area contributed by atoms with E-state index in [0.717, 1.165) is 22.4 Å². The van der Waals surface area contributed by atoms with E-state index < -0.39 is 0 Å². The highest BCUT2D eigenvalue weighted by atomic mass is 16.1. The molecule has 0 aliphatic heterocycles. The molecule has 0 aliphatic rings. The average molecular weight is 295 g/mol. The molecule has 0 bridgehead atoms. The van der Waals surface area contributed by atoms with Gasteiger partial charge in [-0.3, -0.25) is 10.1 Å². The van der Waals surface area contributed by atoms with Crippen molar-refractivity contribution < 1.29 is 4.79 Å². The van der Waals surface area contributed by atoms with Gasteiger partial charge in [-0.25, -0.2) is 9.97 Å². The number of fused-ring (bicyclic) bond motifs is 1. The third kappa shape index (κ3) is 2.63. The molecule has 2 N–H and O–H groups in total. The van der Waals surface area contributed by atoms with Gasteiger partial charge in [0, 0.05) is 31.4 Å². The number of imidazole rings is 1. The molecule has 112 valence electrons. The van der Waals surface area contributed by atoms with Gasteiger partial charge in [0.2, 0.25) is 5.95 Å². The normalized spacial score (nSPS) is 10.7. The number of benzene rings is 1. The molecule has 2 heterocycles. The minimum Gasteiger partial charge on any atom is -0.363 e. The van der Waals surface area contributed by atoms with Crippen LogP contribution in [0.4, 0.5) is 11.8 Å². The summed E-state index contributed by atoms with van der Waals surface area (Å²) in [5.41, 5.74) is 2.25. The van der Waals surface area contributed by atoms with Crippen LogP contribution in [-0.4, -0.2) is 35.0 Å². The van der Waals surface area contributed by atoms with E-state index in [0.29, 0.717) is 11.5 Å². The lowest BCUT2D eigenvalue weighted by Gasteiger charge is -2.14. The molecule has 0 atom stereocenters. The van der Waals surface area contributed by atoms with E-state index in [9.17, 15) is 4.79 Å². The Bertz CT molecular complexity index is 837. The van der Waals surface area contributed by atoms with E-state index in [1.807, 2.05) is 50.2 Å². The van der Waals surface area contributed by atoms with Crippen molar-refractivity contribution in [2.24, 2.45) is 0 Å². The second kappa shape index (κ2) is 5.48. The molecular formula is C16H17N5O. The molecule has 3 rings (SSSR count). The number of anilines is 2. The molecule has 6 nitrogen and oxygen atoms in total. The fourth-order valence-electron chi connectivity index (χ4n) is 2.23. The molecular weight excluding hydrogens is 278 g/mol. The van der Waals surface area contributed by atoms with Gasteiger partial charge < -0.3 is 9.88 Å². The molecule has 0 saturated carbocycles. The second-order valence-electron chi connectivity index (χ2n) is 5.31. The smallest absolute Gasteiger partial charge is 0.258 e. The van der Waals surface area contributed by atoms with Gasteiger partial charge in [0.1, 0.15) is 5.82 Å². The zero-order valence-corrected chi connectivity index (χ0v) is 12.7. The number of aromatic amines is 1. The Hall–Kier alpha value is -2.89. The fraction of sp³-hybridized carbons (Fsp3) is 0.188. The van der Waals surface area contributed by atoms with Gasteiger partial charge in [-0.2, -0.15) is 0 Å². The molecule has 0 spiro atoms. The lowest BCUT2D eigenvalue weighted by Crippen LogP contribution is -2.16. The van der Waals surface area contributed by atoms with E-state index in [2.05, 4.69) is 20.3 Å². The summed E-state index contributed by atoms with van der Waals surface area (Å²) in [5.74, 6) is 0.963. The Morgan fingerprint density at radius 1 is 1.27 bits per heavy atom. The molecule has 6 heteroatoms. The molecule has 0 saturated heterocycles. The Balaban J connectivity index is 2.06. The van der Waals surface area contributed by atoms with Crippen LogP contribution in [-0.2, 0) is 0 Å². The van der Waals surface area contributed by atoms with Crippen LogP contribution in [0.25, 0.3) is 10.9 Å². The largest absolute Gasteiger partial charge is 0.363 e. The molecule has 0 fully saturated rings. The van der Waals surface area contributed by atoms with Crippen molar-refractivity contribution in [3.63, 3.8) is 0 Å². The van der Waals surface area contributed by atoms with Gasteiger partial charge in [-0.1, -0.05) is 18.2 Å². The van der Waals surface area contributed by atoms with E-state index in [-0.39, 0.29) is 5.91 Å². The van der Waals surface area contributed by atoms with Crippen molar-refractivity contribution >= 4 is 28.6 Å². The molecule has 3 aromatic rings. The van der Waals surface area contributed by atoms with E-state index in [4.69, 9.17) is 0 Å². The van der Waals surface area contributed by atoms with Crippen LogP contribution in [0.5, 0.6) is 0 Å². The summed E-state index contributed by atoms with van der Waals surface area (Å²) >= 11 is 0. The van der Waals surface area contributed by atoms with E-state index in [1.165, 1.54) is 0 Å². The first kappa shape index (κ1) is 14.1.